The van der Waals surface area contributed by atoms with Crippen LogP contribution in [-0.2, 0) is 16.0 Å². The van der Waals surface area contributed by atoms with Gasteiger partial charge in [-0.1, -0.05) is 6.07 Å². The highest BCUT2D eigenvalue weighted by atomic mass is 19.1. The highest BCUT2D eigenvalue weighted by Gasteiger charge is 2.18. The van der Waals surface area contributed by atoms with Crippen molar-refractivity contribution in [1.29, 1.82) is 0 Å². The Morgan fingerprint density at radius 1 is 1.53 bits per heavy atom. The van der Waals surface area contributed by atoms with Gasteiger partial charge in [0.05, 0.1) is 13.5 Å². The second kappa shape index (κ2) is 4.90. The van der Waals surface area contributed by atoms with Crippen LogP contribution in [0.3, 0.4) is 0 Å². The van der Waals surface area contributed by atoms with Gasteiger partial charge in [-0.25, -0.2) is 4.39 Å². The molecule has 0 aromatic heterocycles. The molecule has 0 aliphatic carbocycles. The third kappa shape index (κ3) is 3.04. The van der Waals surface area contributed by atoms with E-state index in [0.717, 1.165) is 12.1 Å². The number of methoxy groups -OCH3 is 1. The lowest BCUT2D eigenvalue weighted by Crippen LogP contribution is -2.34. The molecule has 0 unspecified atom stereocenters. The van der Waals surface area contributed by atoms with Crippen molar-refractivity contribution in [2.24, 2.45) is 0 Å². The smallest absolute Gasteiger partial charge is 0.469 e. The zero-order valence-corrected chi connectivity index (χ0v) is 8.11. The maximum atomic E-state index is 12.8. The summed E-state index contributed by atoms with van der Waals surface area (Å²) in [5.41, 5.74) is 0.304. The molecule has 1 rings (SSSR count). The number of carbonyl (C=O) groups excluding carboxylic acids is 1. The first kappa shape index (κ1) is 11.7. The van der Waals surface area contributed by atoms with Crippen molar-refractivity contribution in [2.75, 3.05) is 7.11 Å². The van der Waals surface area contributed by atoms with E-state index in [0.29, 0.717) is 5.56 Å². The van der Waals surface area contributed by atoms with E-state index in [1.807, 2.05) is 0 Å². The van der Waals surface area contributed by atoms with Crippen LogP contribution in [0.25, 0.3) is 0 Å². The number of rotatable bonds is 3. The molecule has 0 spiro atoms. The SMILES string of the molecule is COC(=O)Cc1ccc(F)cc1B(O)O. The molecule has 0 bridgehead atoms. The fourth-order valence-corrected chi connectivity index (χ4v) is 1.19. The van der Waals surface area contributed by atoms with E-state index in [1.54, 1.807) is 0 Å². The minimum atomic E-state index is -1.81. The van der Waals surface area contributed by atoms with Crippen molar-refractivity contribution in [3.05, 3.63) is 29.6 Å². The molecule has 0 radical (unpaired) electrons. The largest absolute Gasteiger partial charge is 0.488 e. The number of halogens is 1. The maximum absolute atomic E-state index is 12.8. The molecule has 0 saturated heterocycles. The summed E-state index contributed by atoms with van der Waals surface area (Å²) in [5.74, 6) is -1.12. The van der Waals surface area contributed by atoms with Crippen LogP contribution in [0, 0.1) is 5.82 Å². The number of carbonyl (C=O) groups is 1. The highest BCUT2D eigenvalue weighted by Crippen LogP contribution is 2.03. The molecule has 0 aliphatic heterocycles. The summed E-state index contributed by atoms with van der Waals surface area (Å²) in [4.78, 5) is 11.0. The van der Waals surface area contributed by atoms with Gasteiger partial charge in [0.15, 0.2) is 0 Å². The molecule has 6 heteroatoms. The Morgan fingerprint density at radius 3 is 2.73 bits per heavy atom. The van der Waals surface area contributed by atoms with Gasteiger partial charge < -0.3 is 14.8 Å². The van der Waals surface area contributed by atoms with Gasteiger partial charge in [0, 0.05) is 0 Å². The lowest BCUT2D eigenvalue weighted by molar-refractivity contribution is -0.139. The fraction of sp³-hybridized carbons (Fsp3) is 0.222. The van der Waals surface area contributed by atoms with Crippen molar-refractivity contribution in [2.45, 2.75) is 6.42 Å². The van der Waals surface area contributed by atoms with Crippen molar-refractivity contribution in [3.63, 3.8) is 0 Å². The van der Waals surface area contributed by atoms with Gasteiger partial charge >= 0.3 is 13.1 Å². The summed E-state index contributed by atoms with van der Waals surface area (Å²) in [6.07, 6.45) is -0.121. The van der Waals surface area contributed by atoms with E-state index >= 15 is 0 Å². The lowest BCUT2D eigenvalue weighted by Gasteiger charge is -2.07. The van der Waals surface area contributed by atoms with E-state index in [-0.39, 0.29) is 11.9 Å². The molecule has 0 amide bonds. The van der Waals surface area contributed by atoms with Crippen LogP contribution in [-0.4, -0.2) is 30.2 Å². The molecule has 2 N–H and O–H groups in total. The molecule has 15 heavy (non-hydrogen) atoms. The number of hydrogen-bond donors (Lipinski definition) is 2. The van der Waals surface area contributed by atoms with Crippen LogP contribution < -0.4 is 5.46 Å². The number of esters is 1. The summed E-state index contributed by atoms with van der Waals surface area (Å²) >= 11 is 0. The van der Waals surface area contributed by atoms with Crippen LogP contribution in [0.5, 0.6) is 0 Å². The predicted octanol–water partition coefficient (Wildman–Crippen LogP) is -0.779. The maximum Gasteiger partial charge on any atom is 0.488 e. The van der Waals surface area contributed by atoms with Gasteiger partial charge in [0.25, 0.3) is 0 Å². The Hall–Kier alpha value is -1.40. The number of hydrogen-bond acceptors (Lipinski definition) is 4. The molecular weight excluding hydrogens is 202 g/mol. The summed E-state index contributed by atoms with van der Waals surface area (Å²) in [7, 11) is -0.582. The van der Waals surface area contributed by atoms with Gasteiger partial charge in [0.1, 0.15) is 5.82 Å². The monoisotopic (exact) mass is 212 g/mol. The first-order valence-corrected chi connectivity index (χ1v) is 4.26. The minimum absolute atomic E-state index is 0.0274. The van der Waals surface area contributed by atoms with E-state index in [9.17, 15) is 9.18 Å². The molecule has 4 nitrogen and oxygen atoms in total. The summed E-state index contributed by atoms with van der Waals surface area (Å²) < 4.78 is 17.2. The number of benzene rings is 1. The van der Waals surface area contributed by atoms with Crippen LogP contribution in [0.4, 0.5) is 4.39 Å². The van der Waals surface area contributed by atoms with E-state index in [2.05, 4.69) is 4.74 Å². The quantitative estimate of drug-likeness (QED) is 0.509. The zero-order valence-electron chi connectivity index (χ0n) is 8.11. The standard InChI is InChI=1S/C9H10BFO4/c1-15-9(12)4-6-2-3-7(11)5-8(6)10(13)14/h2-3,5,13-14H,4H2,1H3. The summed E-state index contributed by atoms with van der Waals surface area (Å²) in [5, 5.41) is 17.9. The first-order valence-electron chi connectivity index (χ1n) is 4.26. The van der Waals surface area contributed by atoms with Crippen LogP contribution in [0.2, 0.25) is 0 Å². The Kier molecular flexibility index (Phi) is 3.82. The predicted molar refractivity (Wildman–Crippen MR) is 51.9 cm³/mol. The molecule has 0 heterocycles. The van der Waals surface area contributed by atoms with Crippen molar-refractivity contribution in [1.82, 2.24) is 0 Å². The van der Waals surface area contributed by atoms with Crippen LogP contribution in [0.1, 0.15) is 5.56 Å². The summed E-state index contributed by atoms with van der Waals surface area (Å²) in [6, 6.07) is 3.44. The normalized spacial score (nSPS) is 9.87. The third-order valence-electron chi connectivity index (χ3n) is 1.95. The van der Waals surface area contributed by atoms with Gasteiger partial charge in [0.2, 0.25) is 0 Å². The number of ether oxygens (including phenoxy) is 1. The highest BCUT2D eigenvalue weighted by molar-refractivity contribution is 6.59. The molecule has 0 atom stereocenters. The molecular formula is C9H10BFO4. The van der Waals surface area contributed by atoms with Crippen LogP contribution in [0.15, 0.2) is 18.2 Å². The first-order chi connectivity index (χ1) is 7.04. The van der Waals surface area contributed by atoms with Crippen LogP contribution >= 0.6 is 0 Å². The fourth-order valence-electron chi connectivity index (χ4n) is 1.19. The molecule has 0 fully saturated rings. The Labute approximate surface area is 86.4 Å². The summed E-state index contributed by atoms with van der Waals surface area (Å²) in [6.45, 7) is 0. The average Bonchev–Trinajstić information content (AvgIpc) is 2.20. The topological polar surface area (TPSA) is 66.8 Å². The molecule has 0 aliphatic rings. The Bertz CT molecular complexity index is 367. The molecule has 1 aromatic rings. The van der Waals surface area contributed by atoms with Gasteiger partial charge in [-0.2, -0.15) is 0 Å². The Balaban J connectivity index is 3.00. The van der Waals surface area contributed by atoms with Crippen molar-refractivity contribution >= 4 is 18.6 Å². The zero-order chi connectivity index (χ0) is 11.4. The third-order valence-corrected chi connectivity index (χ3v) is 1.95. The molecule has 0 saturated carbocycles. The van der Waals surface area contributed by atoms with E-state index < -0.39 is 18.9 Å². The van der Waals surface area contributed by atoms with E-state index in [1.165, 1.54) is 13.2 Å². The lowest BCUT2D eigenvalue weighted by atomic mass is 9.76. The van der Waals surface area contributed by atoms with E-state index in [4.69, 9.17) is 10.0 Å². The molecule has 1 aromatic carbocycles. The second-order valence-electron chi connectivity index (χ2n) is 2.97. The second-order valence-corrected chi connectivity index (χ2v) is 2.97. The van der Waals surface area contributed by atoms with Crippen molar-refractivity contribution < 1.29 is 24.0 Å². The minimum Gasteiger partial charge on any atom is -0.469 e. The van der Waals surface area contributed by atoms with Crippen molar-refractivity contribution in [3.8, 4) is 0 Å². The van der Waals surface area contributed by atoms with Gasteiger partial charge in [-0.05, 0) is 23.2 Å². The van der Waals surface area contributed by atoms with Gasteiger partial charge in [-0.15, -0.1) is 0 Å². The average molecular weight is 212 g/mol. The molecule has 80 valence electrons. The Morgan fingerprint density at radius 2 is 2.20 bits per heavy atom. The van der Waals surface area contributed by atoms with Gasteiger partial charge in [-0.3, -0.25) is 4.79 Å².